The summed E-state index contributed by atoms with van der Waals surface area (Å²) in [4.78, 5) is 25.6. The van der Waals surface area contributed by atoms with Crippen LogP contribution in [-0.4, -0.2) is 59.8 Å². The van der Waals surface area contributed by atoms with E-state index in [0.717, 1.165) is 30.8 Å². The van der Waals surface area contributed by atoms with Crippen LogP contribution in [0.4, 0.5) is 10.6 Å². The van der Waals surface area contributed by atoms with Crippen molar-refractivity contribution in [3.63, 3.8) is 0 Å². The van der Waals surface area contributed by atoms with E-state index in [1.165, 1.54) is 24.2 Å². The van der Waals surface area contributed by atoms with Gasteiger partial charge < -0.3 is 19.9 Å². The maximum atomic E-state index is 12.7. The van der Waals surface area contributed by atoms with Crippen LogP contribution >= 0.6 is 11.8 Å². The van der Waals surface area contributed by atoms with Crippen molar-refractivity contribution < 1.29 is 14.1 Å². The van der Waals surface area contributed by atoms with Gasteiger partial charge >= 0.3 is 12.1 Å². The Morgan fingerprint density at radius 2 is 2.09 bits per heavy atom. The van der Waals surface area contributed by atoms with Gasteiger partial charge in [-0.25, -0.2) is 19.7 Å². The van der Waals surface area contributed by atoms with Crippen molar-refractivity contribution in [2.75, 3.05) is 24.1 Å². The monoisotopic (exact) mass is 512 g/mol. The van der Waals surface area contributed by atoms with Crippen molar-refractivity contribution in [2.45, 2.75) is 29.5 Å². The number of carbonyl (C=O) groups is 1. The quantitative estimate of drug-likeness (QED) is 0.351. The zero-order valence-electron chi connectivity index (χ0n) is 19.5. The second-order valence-corrected chi connectivity index (χ2v) is 11.2. The first-order chi connectivity index (χ1) is 16.8. The Hall–Kier alpha value is -3.34. The minimum atomic E-state index is -1.01. The highest BCUT2D eigenvalue weighted by molar-refractivity contribution is 8.12. The number of aryl methyl sites for hydroxylation is 1. The van der Waals surface area contributed by atoms with Crippen LogP contribution in [0.5, 0.6) is 6.01 Å². The first kappa shape index (κ1) is 24.8. The van der Waals surface area contributed by atoms with Crippen LogP contribution in [0.25, 0.3) is 22.5 Å². The summed E-state index contributed by atoms with van der Waals surface area (Å²) in [5, 5.41) is 15.6. The third kappa shape index (κ3) is 5.50. The number of amides is 1. The lowest BCUT2D eigenvalue weighted by atomic mass is 10.0. The van der Waals surface area contributed by atoms with E-state index in [-0.39, 0.29) is 11.3 Å². The van der Waals surface area contributed by atoms with Crippen molar-refractivity contribution in [2.24, 2.45) is 12.8 Å². The number of nitrogens with zero attached hydrogens (tertiary/aromatic N) is 7. The average molecular weight is 513 g/mol. The Bertz CT molecular complexity index is 1270. The van der Waals surface area contributed by atoms with Gasteiger partial charge in [-0.05, 0) is 36.5 Å². The fourth-order valence-corrected chi connectivity index (χ4v) is 6.44. The van der Waals surface area contributed by atoms with Crippen LogP contribution in [0.2, 0.25) is 0 Å². The molecule has 0 radical (unpaired) electrons. The first-order valence-electron chi connectivity index (χ1n) is 10.7. The zero-order chi connectivity index (χ0) is 25.1. The molecule has 1 aliphatic carbocycles. The molecule has 0 saturated heterocycles. The van der Waals surface area contributed by atoms with E-state index in [4.69, 9.17) is 15.5 Å². The summed E-state index contributed by atoms with van der Waals surface area (Å²) in [7, 11) is 5.58. The number of carbonyl (C=O) groups excluding carboxylic acids is 1. The van der Waals surface area contributed by atoms with Crippen molar-refractivity contribution in [3.8, 4) is 34.6 Å². The van der Waals surface area contributed by atoms with Gasteiger partial charge in [0.05, 0.1) is 17.0 Å². The molecule has 11 nitrogen and oxygen atoms in total. The topological polar surface area (TPSA) is 159 Å². The first-order valence-corrected chi connectivity index (χ1v) is 13.1. The van der Waals surface area contributed by atoms with E-state index in [9.17, 15) is 14.6 Å². The normalized spacial score (nSPS) is 14.1. The van der Waals surface area contributed by atoms with Gasteiger partial charge in [-0.2, -0.15) is 10.4 Å². The molecular weight excluding hydrogens is 488 g/mol. The molecular formula is C22H24N8O3S2. The summed E-state index contributed by atoms with van der Waals surface area (Å²) in [5.41, 5.74) is 7.81. The molecule has 1 aliphatic rings. The van der Waals surface area contributed by atoms with Crippen LogP contribution in [0.15, 0.2) is 29.6 Å². The summed E-state index contributed by atoms with van der Waals surface area (Å²) < 4.78 is 19.1. The number of ether oxygens (including phenoxy) is 1. The number of aromatic nitrogens is 5. The van der Waals surface area contributed by atoms with E-state index in [1.807, 2.05) is 25.1 Å². The van der Waals surface area contributed by atoms with Crippen molar-refractivity contribution in [1.29, 1.82) is 5.26 Å². The zero-order valence-corrected chi connectivity index (χ0v) is 21.1. The van der Waals surface area contributed by atoms with Crippen LogP contribution in [0.1, 0.15) is 24.8 Å². The fraction of sp³-hybridized carbons (Fsp3) is 0.364. The van der Waals surface area contributed by atoms with E-state index in [0.29, 0.717) is 32.5 Å². The molecule has 1 atom stereocenters. The van der Waals surface area contributed by atoms with Crippen LogP contribution in [0.3, 0.4) is 0 Å². The minimum absolute atomic E-state index is 0.178. The number of hydrogen-bond acceptors (Lipinski definition) is 10. The maximum absolute atomic E-state index is 12.7. The molecule has 13 heteroatoms. The summed E-state index contributed by atoms with van der Waals surface area (Å²) in [5.74, 6) is 0.737. The molecule has 0 aliphatic heterocycles. The molecule has 0 aromatic carbocycles. The van der Waals surface area contributed by atoms with E-state index in [2.05, 4.69) is 21.1 Å². The Labute approximate surface area is 209 Å². The third-order valence-corrected chi connectivity index (χ3v) is 8.74. The number of thioether (sulfide) groups is 1. The molecule has 1 unspecified atom stereocenters. The van der Waals surface area contributed by atoms with Gasteiger partial charge in [-0.1, -0.05) is 11.8 Å². The Balaban J connectivity index is 1.78. The summed E-state index contributed by atoms with van der Waals surface area (Å²) in [6.45, 7) is 0. The molecule has 2 N–H and O–H groups in total. The van der Waals surface area contributed by atoms with Crippen LogP contribution in [-0.2, 0) is 18.2 Å². The number of primary amides is 1. The standard InChI is InChI=1S/C22H24N8O3S2/c1-29(2)19-8-18(30(3)28-19)15-7-17(13-10-25-22(26-11-13)33-21(24)31)27-20(16(15)9-23)34-12-35(32)14-5-4-6-14/h7-8,10-11,14H,4-6,12H2,1-3H3,(H2,24,31). The Morgan fingerprint density at radius 3 is 2.63 bits per heavy atom. The maximum Gasteiger partial charge on any atom is 0.412 e. The number of anilines is 1. The summed E-state index contributed by atoms with van der Waals surface area (Å²) in [6, 6.07) is 5.76. The summed E-state index contributed by atoms with van der Waals surface area (Å²) in [6.07, 6.45) is 4.94. The van der Waals surface area contributed by atoms with E-state index in [1.54, 1.807) is 17.8 Å². The molecule has 182 valence electrons. The average Bonchev–Trinajstić information content (AvgIpc) is 3.17. The highest BCUT2D eigenvalue weighted by Gasteiger charge is 2.30. The van der Waals surface area contributed by atoms with Crippen molar-refractivity contribution in [1.82, 2.24) is 24.7 Å². The molecule has 35 heavy (non-hydrogen) atoms. The lowest BCUT2D eigenvalue weighted by Crippen LogP contribution is -2.29. The number of nitrogens with two attached hydrogens (primary N) is 1. The lowest BCUT2D eigenvalue weighted by Gasteiger charge is -2.27. The van der Waals surface area contributed by atoms with E-state index < -0.39 is 17.3 Å². The molecule has 1 fully saturated rings. The predicted octanol–water partition coefficient (Wildman–Crippen LogP) is 2.69. The van der Waals surface area contributed by atoms with Gasteiger partial charge in [0.2, 0.25) is 0 Å². The van der Waals surface area contributed by atoms with Crippen molar-refractivity contribution >= 4 is 34.8 Å². The largest absolute Gasteiger partial charge is 0.615 e. The number of pyridine rings is 1. The van der Waals surface area contributed by atoms with Gasteiger partial charge in [0, 0.05) is 50.7 Å². The SMILES string of the molecule is CN(C)c1cc(-c2cc(-c3cnc(OC(N)=O)nc3)nc(SC[S+]([O-])C3CCC3)c2C#N)n(C)n1. The molecule has 3 heterocycles. The number of hydrogen-bond donors (Lipinski definition) is 1. The fourth-order valence-electron chi connectivity index (χ4n) is 3.44. The van der Waals surface area contributed by atoms with Gasteiger partial charge in [0.15, 0.2) is 10.9 Å². The van der Waals surface area contributed by atoms with Crippen molar-refractivity contribution in [3.05, 3.63) is 30.1 Å². The Morgan fingerprint density at radius 1 is 1.37 bits per heavy atom. The summed E-state index contributed by atoms with van der Waals surface area (Å²) >= 11 is 0.303. The third-order valence-electron chi connectivity index (χ3n) is 5.55. The second-order valence-electron chi connectivity index (χ2n) is 8.12. The van der Waals surface area contributed by atoms with Crippen LogP contribution in [0, 0.1) is 11.3 Å². The molecule has 3 aromatic rings. The van der Waals surface area contributed by atoms with Gasteiger partial charge in [0.25, 0.3) is 0 Å². The van der Waals surface area contributed by atoms with Gasteiger partial charge in [-0.3, -0.25) is 4.68 Å². The second kappa shape index (κ2) is 10.5. The highest BCUT2D eigenvalue weighted by Crippen LogP contribution is 2.37. The predicted molar refractivity (Wildman–Crippen MR) is 133 cm³/mol. The van der Waals surface area contributed by atoms with Gasteiger partial charge in [0.1, 0.15) is 16.3 Å². The lowest BCUT2D eigenvalue weighted by molar-refractivity contribution is 0.207. The number of rotatable bonds is 8. The molecule has 1 saturated carbocycles. The number of nitriles is 1. The Kier molecular flexibility index (Phi) is 7.44. The smallest absolute Gasteiger partial charge is 0.412 e. The van der Waals surface area contributed by atoms with Crippen LogP contribution < -0.4 is 15.4 Å². The highest BCUT2D eigenvalue weighted by atomic mass is 32.3. The van der Waals surface area contributed by atoms with Gasteiger partial charge in [-0.15, -0.1) is 0 Å². The molecule has 3 aromatic heterocycles. The molecule has 0 bridgehead atoms. The van der Waals surface area contributed by atoms with E-state index >= 15 is 0 Å². The molecule has 1 amide bonds. The molecule has 0 spiro atoms. The molecule has 4 rings (SSSR count). The minimum Gasteiger partial charge on any atom is -0.615 e.